The Labute approximate surface area is 112 Å². The lowest BCUT2D eigenvalue weighted by Crippen LogP contribution is -2.55. The Kier molecular flexibility index (Phi) is 4.07. The Bertz CT molecular complexity index is 383. The predicted molar refractivity (Wildman–Crippen MR) is 75.4 cm³/mol. The van der Waals surface area contributed by atoms with Gasteiger partial charge >= 0.3 is 0 Å². The van der Waals surface area contributed by atoms with Crippen molar-refractivity contribution in [2.75, 3.05) is 7.05 Å². The molecule has 106 valence electrons. The van der Waals surface area contributed by atoms with Gasteiger partial charge in [0.15, 0.2) is 9.84 Å². The van der Waals surface area contributed by atoms with E-state index in [1.807, 2.05) is 7.05 Å². The smallest absolute Gasteiger partial charge is 0.157 e. The zero-order chi connectivity index (χ0) is 13.4. The molecule has 3 nitrogen and oxygen atoms in total. The fourth-order valence-electron chi connectivity index (χ4n) is 3.98. The van der Waals surface area contributed by atoms with Crippen molar-refractivity contribution in [1.82, 2.24) is 5.32 Å². The lowest BCUT2D eigenvalue weighted by molar-refractivity contribution is 0.178. The van der Waals surface area contributed by atoms with Gasteiger partial charge in [0.1, 0.15) is 0 Å². The van der Waals surface area contributed by atoms with Crippen LogP contribution >= 0.6 is 0 Å². The van der Waals surface area contributed by atoms with E-state index in [4.69, 9.17) is 0 Å². The van der Waals surface area contributed by atoms with Gasteiger partial charge in [0.2, 0.25) is 0 Å². The van der Waals surface area contributed by atoms with Crippen molar-refractivity contribution in [3.05, 3.63) is 0 Å². The minimum Gasteiger partial charge on any atom is -0.315 e. The molecule has 0 amide bonds. The Hall–Kier alpha value is -0.0900. The number of nitrogens with one attached hydrogen (secondary N) is 1. The molecule has 0 bridgehead atoms. The lowest BCUT2D eigenvalue weighted by atomic mass is 9.73. The van der Waals surface area contributed by atoms with Crippen LogP contribution < -0.4 is 5.32 Å². The maximum absolute atomic E-state index is 12.8. The molecule has 18 heavy (non-hydrogen) atoms. The molecule has 1 N–H and O–H groups in total. The van der Waals surface area contributed by atoms with Gasteiger partial charge in [-0.05, 0) is 38.1 Å². The standard InChI is InChI=1S/C14H27NO2S/c1-14(2)10-6-9-12(13(14)15-3)18(16,17)11-7-4-5-8-11/h11-13,15H,4-10H2,1-3H3. The fraction of sp³-hybridized carbons (Fsp3) is 1.00. The number of hydrogen-bond donors (Lipinski definition) is 1. The molecule has 0 radical (unpaired) electrons. The molecule has 0 aromatic rings. The summed E-state index contributed by atoms with van der Waals surface area (Å²) in [5.74, 6) is 0. The Balaban J connectivity index is 2.24. The molecular formula is C14H27NO2S. The van der Waals surface area contributed by atoms with Crippen LogP contribution in [0, 0.1) is 5.41 Å². The van der Waals surface area contributed by atoms with Crippen LogP contribution in [0.3, 0.4) is 0 Å². The SMILES string of the molecule is CNC1C(S(=O)(=O)C2CCCC2)CCCC1(C)C. The van der Waals surface area contributed by atoms with Crippen molar-refractivity contribution in [3.63, 3.8) is 0 Å². The fourth-order valence-corrected chi connectivity index (χ4v) is 6.84. The first-order chi connectivity index (χ1) is 8.39. The van der Waals surface area contributed by atoms with E-state index in [-0.39, 0.29) is 22.0 Å². The second-order valence-corrected chi connectivity index (χ2v) is 9.13. The van der Waals surface area contributed by atoms with Crippen LogP contribution in [0.4, 0.5) is 0 Å². The van der Waals surface area contributed by atoms with Gasteiger partial charge in [0.25, 0.3) is 0 Å². The van der Waals surface area contributed by atoms with Gasteiger partial charge in [-0.1, -0.05) is 33.1 Å². The maximum Gasteiger partial charge on any atom is 0.157 e. The quantitative estimate of drug-likeness (QED) is 0.859. The third-order valence-corrected chi connectivity index (χ3v) is 7.78. The van der Waals surface area contributed by atoms with E-state index >= 15 is 0 Å². The molecule has 0 aromatic heterocycles. The molecule has 2 rings (SSSR count). The molecule has 0 heterocycles. The Morgan fingerprint density at radius 1 is 1.06 bits per heavy atom. The highest BCUT2D eigenvalue weighted by molar-refractivity contribution is 7.92. The predicted octanol–water partition coefficient (Wildman–Crippen LogP) is 2.51. The maximum atomic E-state index is 12.8. The van der Waals surface area contributed by atoms with E-state index in [9.17, 15) is 8.42 Å². The average Bonchev–Trinajstić information content (AvgIpc) is 2.81. The minimum atomic E-state index is -2.96. The molecule has 0 saturated heterocycles. The van der Waals surface area contributed by atoms with Crippen LogP contribution in [-0.4, -0.2) is 32.0 Å². The molecule has 0 aliphatic heterocycles. The first-order valence-electron chi connectivity index (χ1n) is 7.29. The summed E-state index contributed by atoms with van der Waals surface area (Å²) < 4.78 is 25.6. The summed E-state index contributed by atoms with van der Waals surface area (Å²) in [7, 11) is -1.04. The molecular weight excluding hydrogens is 246 g/mol. The highest BCUT2D eigenvalue weighted by Gasteiger charge is 2.46. The van der Waals surface area contributed by atoms with E-state index in [2.05, 4.69) is 19.2 Å². The van der Waals surface area contributed by atoms with Crippen LogP contribution in [0.2, 0.25) is 0 Å². The summed E-state index contributed by atoms with van der Waals surface area (Å²) in [4.78, 5) is 0. The lowest BCUT2D eigenvalue weighted by Gasteiger charge is -2.44. The highest BCUT2D eigenvalue weighted by atomic mass is 32.2. The molecule has 4 heteroatoms. The zero-order valence-electron chi connectivity index (χ0n) is 11.9. The molecule has 2 saturated carbocycles. The van der Waals surface area contributed by atoms with Crippen molar-refractivity contribution >= 4 is 9.84 Å². The van der Waals surface area contributed by atoms with Gasteiger partial charge in [0.05, 0.1) is 10.5 Å². The summed E-state index contributed by atoms with van der Waals surface area (Å²) >= 11 is 0. The van der Waals surface area contributed by atoms with E-state index in [0.717, 1.165) is 44.9 Å². The van der Waals surface area contributed by atoms with Gasteiger partial charge in [-0.25, -0.2) is 8.42 Å². The third kappa shape index (κ3) is 2.46. The number of rotatable bonds is 3. The third-order valence-electron chi connectivity index (χ3n) is 5.02. The van der Waals surface area contributed by atoms with Crippen LogP contribution in [0.15, 0.2) is 0 Å². The summed E-state index contributed by atoms with van der Waals surface area (Å²) in [6, 6.07) is 0.108. The minimum absolute atomic E-state index is 0.0627. The van der Waals surface area contributed by atoms with Gasteiger partial charge in [-0.15, -0.1) is 0 Å². The van der Waals surface area contributed by atoms with E-state index in [1.54, 1.807) is 0 Å². The molecule has 2 unspecified atom stereocenters. The highest BCUT2D eigenvalue weighted by Crippen LogP contribution is 2.41. The first-order valence-corrected chi connectivity index (χ1v) is 8.90. The largest absolute Gasteiger partial charge is 0.315 e. The first kappa shape index (κ1) is 14.3. The van der Waals surface area contributed by atoms with Crippen LogP contribution in [0.5, 0.6) is 0 Å². The van der Waals surface area contributed by atoms with E-state index < -0.39 is 9.84 Å². The normalized spacial score (nSPS) is 33.7. The second-order valence-electron chi connectivity index (χ2n) is 6.68. The molecule has 2 atom stereocenters. The summed E-state index contributed by atoms with van der Waals surface area (Å²) in [6.45, 7) is 4.40. The van der Waals surface area contributed by atoms with Crippen LogP contribution in [0.25, 0.3) is 0 Å². The number of sulfone groups is 1. The monoisotopic (exact) mass is 273 g/mol. The van der Waals surface area contributed by atoms with E-state index in [0.29, 0.717) is 0 Å². The summed E-state index contributed by atoms with van der Waals surface area (Å²) in [5.41, 5.74) is 0.0866. The summed E-state index contributed by atoms with van der Waals surface area (Å²) in [5, 5.41) is 3.06. The molecule has 2 aliphatic carbocycles. The van der Waals surface area contributed by atoms with Crippen LogP contribution in [-0.2, 0) is 9.84 Å². The number of hydrogen-bond acceptors (Lipinski definition) is 3. The Morgan fingerprint density at radius 3 is 2.22 bits per heavy atom. The zero-order valence-corrected chi connectivity index (χ0v) is 12.7. The summed E-state index contributed by atoms with van der Waals surface area (Å²) in [6.07, 6.45) is 6.95. The Morgan fingerprint density at radius 2 is 1.67 bits per heavy atom. The average molecular weight is 273 g/mol. The second kappa shape index (κ2) is 5.12. The molecule has 0 spiro atoms. The van der Waals surface area contributed by atoms with Gasteiger partial charge < -0.3 is 5.32 Å². The van der Waals surface area contributed by atoms with Crippen molar-refractivity contribution in [2.45, 2.75) is 75.3 Å². The van der Waals surface area contributed by atoms with Gasteiger partial charge in [0, 0.05) is 6.04 Å². The topological polar surface area (TPSA) is 46.2 Å². The van der Waals surface area contributed by atoms with Crippen LogP contribution in [0.1, 0.15) is 58.8 Å². The van der Waals surface area contributed by atoms with Gasteiger partial charge in [-0.2, -0.15) is 0 Å². The van der Waals surface area contributed by atoms with E-state index in [1.165, 1.54) is 0 Å². The molecule has 0 aromatic carbocycles. The van der Waals surface area contributed by atoms with Gasteiger partial charge in [-0.3, -0.25) is 0 Å². The van der Waals surface area contributed by atoms with Crippen molar-refractivity contribution in [1.29, 1.82) is 0 Å². The van der Waals surface area contributed by atoms with Crippen molar-refractivity contribution in [2.24, 2.45) is 5.41 Å². The van der Waals surface area contributed by atoms with Crippen molar-refractivity contribution < 1.29 is 8.42 Å². The molecule has 2 aliphatic rings. The molecule has 2 fully saturated rings. The van der Waals surface area contributed by atoms with Crippen molar-refractivity contribution in [3.8, 4) is 0 Å².